The van der Waals surface area contributed by atoms with E-state index >= 15 is 0 Å². The number of alkyl halides is 3. The van der Waals surface area contributed by atoms with Crippen molar-refractivity contribution < 1.29 is 27.9 Å². The van der Waals surface area contributed by atoms with E-state index in [1.54, 1.807) is 39.1 Å². The number of thiophene rings is 1. The SMILES string of the molecule is Cc1ccsc1C1C(C(=O)C(C)(C)C)=C(O)C(=O)N1c1cccc(C(F)(F)F)c1. The summed E-state index contributed by atoms with van der Waals surface area (Å²) in [7, 11) is 0. The molecule has 8 heteroatoms. The van der Waals surface area contributed by atoms with Gasteiger partial charge in [0.1, 0.15) is 6.04 Å². The van der Waals surface area contributed by atoms with Gasteiger partial charge >= 0.3 is 6.18 Å². The lowest BCUT2D eigenvalue weighted by molar-refractivity contribution is -0.137. The number of benzene rings is 1. The third-order valence-corrected chi connectivity index (χ3v) is 5.81. The van der Waals surface area contributed by atoms with Crippen molar-refractivity contribution in [3.63, 3.8) is 0 Å². The molecule has 0 fully saturated rings. The van der Waals surface area contributed by atoms with Crippen molar-refractivity contribution in [2.24, 2.45) is 5.41 Å². The average molecular weight is 423 g/mol. The Morgan fingerprint density at radius 3 is 2.34 bits per heavy atom. The summed E-state index contributed by atoms with van der Waals surface area (Å²) in [6, 6.07) is 5.13. The summed E-state index contributed by atoms with van der Waals surface area (Å²) in [6.07, 6.45) is -4.59. The number of ketones is 1. The molecule has 0 aliphatic carbocycles. The van der Waals surface area contributed by atoms with Crippen LogP contribution in [0.2, 0.25) is 0 Å². The molecule has 3 rings (SSSR count). The number of carbonyl (C=O) groups is 2. The molecule has 1 atom stereocenters. The van der Waals surface area contributed by atoms with E-state index in [1.165, 1.54) is 23.5 Å². The highest BCUT2D eigenvalue weighted by atomic mass is 32.1. The van der Waals surface area contributed by atoms with Crippen LogP contribution < -0.4 is 4.90 Å². The van der Waals surface area contributed by atoms with E-state index in [2.05, 4.69) is 0 Å². The molecule has 0 saturated carbocycles. The van der Waals surface area contributed by atoms with Gasteiger partial charge in [-0.1, -0.05) is 26.8 Å². The zero-order chi connectivity index (χ0) is 21.7. The highest BCUT2D eigenvalue weighted by Gasteiger charge is 2.48. The van der Waals surface area contributed by atoms with Crippen LogP contribution in [0.1, 0.15) is 42.8 Å². The number of hydrogen-bond donors (Lipinski definition) is 1. The lowest BCUT2D eigenvalue weighted by Crippen LogP contribution is -2.32. The number of aliphatic hydroxyl groups excluding tert-OH is 1. The van der Waals surface area contributed by atoms with Gasteiger partial charge in [-0.2, -0.15) is 13.2 Å². The van der Waals surface area contributed by atoms with E-state index in [-0.39, 0.29) is 11.3 Å². The molecule has 154 valence electrons. The third kappa shape index (κ3) is 3.69. The molecule has 1 aliphatic heterocycles. The van der Waals surface area contributed by atoms with Crippen LogP contribution in [0.5, 0.6) is 0 Å². The zero-order valence-electron chi connectivity index (χ0n) is 16.3. The molecule has 1 unspecified atom stereocenters. The highest BCUT2D eigenvalue weighted by Crippen LogP contribution is 2.46. The van der Waals surface area contributed by atoms with Crippen molar-refractivity contribution >= 4 is 28.7 Å². The number of anilines is 1. The maximum atomic E-state index is 13.2. The normalized spacial score (nSPS) is 18.0. The summed E-state index contributed by atoms with van der Waals surface area (Å²) >= 11 is 1.28. The van der Waals surface area contributed by atoms with Gasteiger partial charge in [-0.15, -0.1) is 11.3 Å². The van der Waals surface area contributed by atoms with Crippen LogP contribution in [-0.4, -0.2) is 16.8 Å². The van der Waals surface area contributed by atoms with Gasteiger partial charge in [0.15, 0.2) is 11.5 Å². The number of Topliss-reactive ketones (excluding diaryl/α,β-unsaturated/α-hetero) is 1. The van der Waals surface area contributed by atoms with Gasteiger partial charge in [-0.25, -0.2) is 0 Å². The molecule has 0 bridgehead atoms. The Bertz CT molecular complexity index is 1010. The van der Waals surface area contributed by atoms with Crippen LogP contribution in [0.3, 0.4) is 0 Å². The topological polar surface area (TPSA) is 57.6 Å². The Kier molecular flexibility index (Phi) is 5.11. The Balaban J connectivity index is 2.22. The van der Waals surface area contributed by atoms with E-state index in [1.807, 2.05) is 0 Å². The van der Waals surface area contributed by atoms with Gasteiger partial charge in [0.2, 0.25) is 0 Å². The van der Waals surface area contributed by atoms with Gasteiger partial charge in [0, 0.05) is 16.0 Å². The first-order valence-electron chi connectivity index (χ1n) is 8.86. The molecule has 0 saturated heterocycles. The molecule has 1 aliphatic rings. The smallest absolute Gasteiger partial charge is 0.416 e. The van der Waals surface area contributed by atoms with Crippen molar-refractivity contribution in [1.29, 1.82) is 0 Å². The van der Waals surface area contributed by atoms with Crippen LogP contribution in [0.15, 0.2) is 47.0 Å². The maximum Gasteiger partial charge on any atom is 0.416 e. The highest BCUT2D eigenvalue weighted by molar-refractivity contribution is 7.10. The van der Waals surface area contributed by atoms with Crippen molar-refractivity contribution in [2.75, 3.05) is 4.90 Å². The van der Waals surface area contributed by atoms with Crippen LogP contribution in [0.25, 0.3) is 0 Å². The number of aryl methyl sites for hydroxylation is 1. The van der Waals surface area contributed by atoms with Crippen molar-refractivity contribution in [3.05, 3.63) is 63.0 Å². The number of aliphatic hydroxyl groups is 1. The summed E-state index contributed by atoms with van der Waals surface area (Å²) < 4.78 is 39.6. The monoisotopic (exact) mass is 423 g/mol. The van der Waals surface area contributed by atoms with Crippen molar-refractivity contribution in [1.82, 2.24) is 0 Å². The van der Waals surface area contributed by atoms with Crippen LogP contribution in [0, 0.1) is 12.3 Å². The molecular formula is C21H20F3NO3S. The van der Waals surface area contributed by atoms with Gasteiger partial charge in [0.05, 0.1) is 11.1 Å². The first-order chi connectivity index (χ1) is 13.3. The lowest BCUT2D eigenvalue weighted by atomic mass is 9.83. The molecule has 0 radical (unpaired) electrons. The first kappa shape index (κ1) is 21.1. The first-order valence-corrected chi connectivity index (χ1v) is 9.74. The zero-order valence-corrected chi connectivity index (χ0v) is 17.1. The Morgan fingerprint density at radius 2 is 1.83 bits per heavy atom. The molecule has 1 aromatic heterocycles. The van der Waals surface area contributed by atoms with Crippen LogP contribution in [0.4, 0.5) is 18.9 Å². The summed E-state index contributed by atoms with van der Waals surface area (Å²) in [5.41, 5.74) is -1.16. The summed E-state index contributed by atoms with van der Waals surface area (Å²) in [5, 5.41) is 12.3. The predicted molar refractivity (Wildman–Crippen MR) is 105 cm³/mol. The van der Waals surface area contributed by atoms with E-state index in [0.29, 0.717) is 4.88 Å². The number of amides is 1. The molecule has 0 spiro atoms. The fourth-order valence-corrected chi connectivity index (χ4v) is 4.28. The van der Waals surface area contributed by atoms with Gasteiger partial charge in [-0.05, 0) is 42.1 Å². The molecule has 4 nitrogen and oxygen atoms in total. The number of nitrogens with zero attached hydrogens (tertiary/aromatic N) is 1. The number of halogens is 3. The Hall–Kier alpha value is -2.61. The summed E-state index contributed by atoms with van der Waals surface area (Å²) in [6.45, 7) is 6.76. The number of carbonyl (C=O) groups excluding carboxylic acids is 2. The maximum absolute atomic E-state index is 13.2. The fourth-order valence-electron chi connectivity index (χ4n) is 3.25. The van der Waals surface area contributed by atoms with Crippen molar-refractivity contribution in [3.8, 4) is 0 Å². The van der Waals surface area contributed by atoms with Crippen molar-refractivity contribution in [2.45, 2.75) is 39.9 Å². The number of hydrogen-bond acceptors (Lipinski definition) is 4. The van der Waals surface area contributed by atoms with Crippen LogP contribution >= 0.6 is 11.3 Å². The van der Waals surface area contributed by atoms with E-state index in [4.69, 9.17) is 0 Å². The minimum absolute atomic E-state index is 0.0362. The van der Waals surface area contributed by atoms with E-state index in [0.717, 1.165) is 22.6 Å². The predicted octanol–water partition coefficient (Wildman–Crippen LogP) is 5.59. The lowest BCUT2D eigenvalue weighted by Gasteiger charge is -2.29. The van der Waals surface area contributed by atoms with Crippen LogP contribution in [-0.2, 0) is 15.8 Å². The van der Waals surface area contributed by atoms with Gasteiger partial charge in [0.25, 0.3) is 5.91 Å². The molecule has 2 heterocycles. The fraction of sp³-hybridized carbons (Fsp3) is 0.333. The average Bonchev–Trinajstić information content (AvgIpc) is 3.14. The molecule has 1 N–H and O–H groups in total. The van der Waals surface area contributed by atoms with Gasteiger partial charge in [-0.3, -0.25) is 14.5 Å². The van der Waals surface area contributed by atoms with E-state index in [9.17, 15) is 27.9 Å². The number of rotatable bonds is 3. The second-order valence-electron chi connectivity index (χ2n) is 7.94. The largest absolute Gasteiger partial charge is 0.503 e. The Morgan fingerprint density at radius 1 is 1.17 bits per heavy atom. The molecule has 2 aromatic rings. The second-order valence-corrected chi connectivity index (χ2v) is 8.88. The quantitative estimate of drug-likeness (QED) is 0.700. The molecule has 1 aromatic carbocycles. The molecule has 1 amide bonds. The minimum atomic E-state index is -4.59. The summed E-state index contributed by atoms with van der Waals surface area (Å²) in [5.74, 6) is -2.05. The minimum Gasteiger partial charge on any atom is -0.503 e. The molecular weight excluding hydrogens is 403 g/mol. The Labute approximate surface area is 170 Å². The van der Waals surface area contributed by atoms with E-state index < -0.39 is 40.6 Å². The summed E-state index contributed by atoms with van der Waals surface area (Å²) in [4.78, 5) is 27.7. The molecule has 29 heavy (non-hydrogen) atoms. The standard InChI is InChI=1S/C21H20F3NO3S/c1-11-8-9-29-17(11)15-14(18(27)20(2,3)4)16(26)19(28)25(15)13-7-5-6-12(10-13)21(22,23)24/h5-10,15,26H,1-4H3. The van der Waals surface area contributed by atoms with Gasteiger partial charge < -0.3 is 5.11 Å². The second kappa shape index (κ2) is 7.02. The third-order valence-electron chi connectivity index (χ3n) is 4.74.